The van der Waals surface area contributed by atoms with Crippen molar-refractivity contribution < 1.29 is 5.03 Å². The number of aromatic nitrogens is 4. The third-order valence-corrected chi connectivity index (χ3v) is 1.95. The number of hydrogen-bond acceptors (Lipinski definition) is 4. The van der Waals surface area contributed by atoms with E-state index in [4.69, 9.17) is 0 Å². The zero-order chi connectivity index (χ0) is 12.1. The van der Waals surface area contributed by atoms with Crippen LogP contribution >= 0.6 is 0 Å². The summed E-state index contributed by atoms with van der Waals surface area (Å²) in [6, 6.07) is 7.84. The minimum atomic E-state index is -0.562. The van der Waals surface area contributed by atoms with Crippen molar-refractivity contribution in [1.82, 2.24) is 19.6 Å². The maximum Gasteiger partial charge on any atom is 0.174 e. The Kier molecular flexibility index (Phi) is 3.10. The van der Waals surface area contributed by atoms with Gasteiger partial charge in [-0.1, -0.05) is 16.8 Å². The second kappa shape index (κ2) is 4.88. The van der Waals surface area contributed by atoms with E-state index in [9.17, 15) is 10.1 Å². The minimum absolute atomic E-state index is 0.562. The van der Waals surface area contributed by atoms with Crippen molar-refractivity contribution in [1.29, 1.82) is 0 Å². The second-order valence-electron chi connectivity index (χ2n) is 3.05. The first-order chi connectivity index (χ1) is 8.27. The van der Waals surface area contributed by atoms with Crippen molar-refractivity contribution in [2.24, 2.45) is 0 Å². The Labute approximate surface area is 95.9 Å². The van der Waals surface area contributed by atoms with Crippen LogP contribution in [0.3, 0.4) is 0 Å². The van der Waals surface area contributed by atoms with Gasteiger partial charge in [-0.15, -0.1) is 0 Å². The van der Waals surface area contributed by atoms with Crippen LogP contribution in [-0.2, 0) is 0 Å². The Bertz CT molecular complexity index is 572. The smallest absolute Gasteiger partial charge is 0.174 e. The molecule has 1 radical (unpaired) electrons. The molecule has 0 amide bonds. The lowest BCUT2D eigenvalue weighted by Gasteiger charge is -1.81. The van der Waals surface area contributed by atoms with Crippen molar-refractivity contribution in [2.75, 3.05) is 0 Å². The second-order valence-corrected chi connectivity index (χ2v) is 3.05. The number of fused-ring (bicyclic) bond motifs is 1. The number of aromatic amines is 1. The number of hydrogen-bond donors (Lipinski definition) is 1. The molecule has 2 aromatic heterocycles. The van der Waals surface area contributed by atoms with Crippen molar-refractivity contribution in [3.8, 4) is 0 Å². The highest BCUT2D eigenvalue weighted by Gasteiger charge is 1.94. The summed E-state index contributed by atoms with van der Waals surface area (Å²) < 4.78 is 0.778. The monoisotopic (exact) mass is 230 g/mol. The Morgan fingerprint density at radius 3 is 2.82 bits per heavy atom. The van der Waals surface area contributed by atoms with Gasteiger partial charge in [-0.25, -0.2) is 20.1 Å². The quantitative estimate of drug-likeness (QED) is 0.503. The largest absolute Gasteiger partial charge is 0.335 e. The fraction of sp³-hybridized carbons (Fsp3) is 0. The fourth-order valence-corrected chi connectivity index (χ4v) is 1.17. The maximum atomic E-state index is 9.79. The van der Waals surface area contributed by atoms with Gasteiger partial charge in [0.15, 0.2) is 17.7 Å². The Balaban J connectivity index is 0.000000128. The molecule has 0 aliphatic carbocycles. The number of rotatable bonds is 1. The SMILES string of the molecule is O=[N+]([O-])n1ccnc1.[c]1nc2ccccc2[nH]1. The molecule has 0 unspecified atom stereocenters. The molecular formula is C10H8N5O2. The number of para-hydroxylation sites is 2. The van der Waals surface area contributed by atoms with Crippen LogP contribution in [0.4, 0.5) is 0 Å². The van der Waals surface area contributed by atoms with Crippen molar-refractivity contribution in [2.45, 2.75) is 0 Å². The molecule has 7 heteroatoms. The summed E-state index contributed by atoms with van der Waals surface area (Å²) in [6.45, 7) is 0. The summed E-state index contributed by atoms with van der Waals surface area (Å²) in [7, 11) is 0. The van der Waals surface area contributed by atoms with E-state index in [-0.39, 0.29) is 0 Å². The van der Waals surface area contributed by atoms with Gasteiger partial charge in [-0.05, 0) is 12.1 Å². The lowest BCUT2D eigenvalue weighted by atomic mass is 10.3. The van der Waals surface area contributed by atoms with E-state index in [1.54, 1.807) is 0 Å². The van der Waals surface area contributed by atoms with Gasteiger partial charge in [-0.2, -0.15) is 0 Å². The van der Waals surface area contributed by atoms with E-state index in [0.29, 0.717) is 0 Å². The van der Waals surface area contributed by atoms with Gasteiger partial charge in [0.05, 0.1) is 23.4 Å². The van der Waals surface area contributed by atoms with Crippen LogP contribution in [0, 0.1) is 16.4 Å². The summed E-state index contributed by atoms with van der Waals surface area (Å²) in [4.78, 5) is 20.1. The van der Waals surface area contributed by atoms with Gasteiger partial charge in [0, 0.05) is 0 Å². The molecule has 2 heterocycles. The van der Waals surface area contributed by atoms with E-state index in [1.807, 2.05) is 24.3 Å². The summed E-state index contributed by atoms with van der Waals surface area (Å²) in [5.41, 5.74) is 2.01. The molecule has 85 valence electrons. The van der Waals surface area contributed by atoms with Crippen LogP contribution < -0.4 is 0 Å². The topological polar surface area (TPSA) is 89.6 Å². The first kappa shape index (κ1) is 10.8. The Morgan fingerprint density at radius 1 is 1.41 bits per heavy atom. The molecule has 0 fully saturated rings. The highest BCUT2D eigenvalue weighted by molar-refractivity contribution is 5.73. The minimum Gasteiger partial charge on any atom is -0.335 e. The summed E-state index contributed by atoms with van der Waals surface area (Å²) in [5.74, 6) is 0. The van der Waals surface area contributed by atoms with E-state index in [2.05, 4.69) is 21.3 Å². The van der Waals surface area contributed by atoms with E-state index in [1.165, 1.54) is 12.4 Å². The molecule has 3 rings (SSSR count). The average molecular weight is 230 g/mol. The predicted octanol–water partition coefficient (Wildman–Crippen LogP) is 1.29. The molecule has 0 saturated heterocycles. The van der Waals surface area contributed by atoms with E-state index >= 15 is 0 Å². The van der Waals surface area contributed by atoms with Gasteiger partial charge in [0.2, 0.25) is 0 Å². The zero-order valence-corrected chi connectivity index (χ0v) is 8.65. The Hall–Kier alpha value is -2.70. The molecule has 0 saturated carbocycles. The number of H-pyrrole nitrogens is 1. The third-order valence-electron chi connectivity index (χ3n) is 1.95. The predicted molar refractivity (Wildman–Crippen MR) is 59.5 cm³/mol. The lowest BCUT2D eigenvalue weighted by molar-refractivity contribution is -0.542. The molecule has 0 spiro atoms. The molecule has 1 N–H and O–H groups in total. The number of nitrogens with one attached hydrogen (secondary N) is 1. The van der Waals surface area contributed by atoms with Gasteiger partial charge in [0.25, 0.3) is 0 Å². The molecule has 7 nitrogen and oxygen atoms in total. The van der Waals surface area contributed by atoms with Gasteiger partial charge < -0.3 is 4.98 Å². The molecule has 1 aromatic carbocycles. The van der Waals surface area contributed by atoms with Crippen LogP contribution in [-0.4, -0.2) is 24.7 Å². The van der Waals surface area contributed by atoms with E-state index in [0.717, 1.165) is 22.0 Å². The Morgan fingerprint density at radius 2 is 2.24 bits per heavy atom. The number of nitrogens with zero attached hydrogens (tertiary/aromatic N) is 4. The molecule has 17 heavy (non-hydrogen) atoms. The molecule has 0 aliphatic heterocycles. The first-order valence-corrected chi connectivity index (χ1v) is 4.71. The zero-order valence-electron chi connectivity index (χ0n) is 8.65. The highest BCUT2D eigenvalue weighted by Crippen LogP contribution is 2.04. The normalized spacial score (nSPS) is 9.65. The number of benzene rings is 1. The molecule has 0 bridgehead atoms. The van der Waals surface area contributed by atoms with Gasteiger partial charge in [-0.3, -0.25) is 0 Å². The maximum absolute atomic E-state index is 9.79. The highest BCUT2D eigenvalue weighted by atomic mass is 16.7. The van der Waals surface area contributed by atoms with Crippen LogP contribution in [0.25, 0.3) is 11.0 Å². The average Bonchev–Trinajstić information content (AvgIpc) is 3.01. The van der Waals surface area contributed by atoms with Crippen LogP contribution in [0.5, 0.6) is 0 Å². The fourth-order valence-electron chi connectivity index (χ4n) is 1.17. The number of nitro groups is 1. The molecule has 3 aromatic rings. The van der Waals surface area contributed by atoms with Crippen LogP contribution in [0.2, 0.25) is 0 Å². The van der Waals surface area contributed by atoms with Gasteiger partial charge in [0.1, 0.15) is 0 Å². The summed E-state index contributed by atoms with van der Waals surface area (Å²) in [5, 5.41) is 9.23. The molecule has 0 aliphatic rings. The van der Waals surface area contributed by atoms with Crippen LogP contribution in [0.15, 0.2) is 43.0 Å². The molecule has 0 atom stereocenters. The standard InChI is InChI=1S/C7H5N2.C3H3N3O2/c1-2-4-7-6(3-1)8-5-9-7;7-6(8)5-2-1-4-3-5/h1-4H,(H,8,9);1-3H. The van der Waals surface area contributed by atoms with Gasteiger partial charge >= 0.3 is 0 Å². The van der Waals surface area contributed by atoms with Crippen LogP contribution in [0.1, 0.15) is 0 Å². The van der Waals surface area contributed by atoms with Crippen molar-refractivity contribution >= 4 is 11.0 Å². The molecular weight excluding hydrogens is 222 g/mol. The third kappa shape index (κ3) is 2.65. The summed E-state index contributed by atoms with van der Waals surface area (Å²) in [6.07, 6.45) is 6.40. The number of imidazole rings is 2. The van der Waals surface area contributed by atoms with E-state index < -0.39 is 5.03 Å². The first-order valence-electron chi connectivity index (χ1n) is 4.71. The van der Waals surface area contributed by atoms with Crippen molar-refractivity contribution in [3.63, 3.8) is 0 Å². The lowest BCUT2D eigenvalue weighted by Crippen LogP contribution is -2.04. The van der Waals surface area contributed by atoms with Crippen molar-refractivity contribution in [3.05, 3.63) is 59.4 Å². The summed E-state index contributed by atoms with van der Waals surface area (Å²) >= 11 is 0.